The zero-order chi connectivity index (χ0) is 14.8. The molecule has 2 aromatic carbocycles. The lowest BCUT2D eigenvalue weighted by molar-refractivity contribution is 0.457. The van der Waals surface area contributed by atoms with E-state index in [2.05, 4.69) is 9.98 Å². The van der Waals surface area contributed by atoms with Crippen molar-refractivity contribution < 1.29 is 9.50 Å². The number of rotatable bonds is 3. The van der Waals surface area contributed by atoms with Crippen molar-refractivity contribution in [3.8, 4) is 5.88 Å². The first-order valence-corrected chi connectivity index (χ1v) is 6.73. The molecule has 0 aliphatic heterocycles. The van der Waals surface area contributed by atoms with Crippen molar-refractivity contribution in [3.05, 3.63) is 65.5 Å². The van der Waals surface area contributed by atoms with Crippen LogP contribution < -0.4 is 0 Å². The van der Waals surface area contributed by atoms with Crippen molar-refractivity contribution in [2.75, 3.05) is 0 Å². The van der Waals surface area contributed by atoms with Gasteiger partial charge in [0.1, 0.15) is 5.82 Å². The Hall–Kier alpha value is -2.62. The van der Waals surface area contributed by atoms with Crippen molar-refractivity contribution in [3.63, 3.8) is 0 Å². The van der Waals surface area contributed by atoms with Crippen LogP contribution >= 0.6 is 0 Å². The van der Waals surface area contributed by atoms with Crippen molar-refractivity contribution in [1.82, 2.24) is 4.98 Å². The van der Waals surface area contributed by atoms with Gasteiger partial charge in [-0.25, -0.2) is 4.39 Å². The van der Waals surface area contributed by atoms with E-state index in [-0.39, 0.29) is 17.7 Å². The average Bonchev–Trinajstić information content (AvgIpc) is 2.80. The van der Waals surface area contributed by atoms with E-state index in [1.54, 1.807) is 12.3 Å². The van der Waals surface area contributed by atoms with Crippen LogP contribution in [0.5, 0.6) is 5.88 Å². The Morgan fingerprint density at radius 2 is 1.95 bits per heavy atom. The molecule has 0 aliphatic carbocycles. The number of benzene rings is 2. The smallest absolute Gasteiger partial charge is 0.198 e. The number of fused-ring (bicyclic) bond motifs is 1. The highest BCUT2D eigenvalue weighted by atomic mass is 19.1. The molecule has 0 amide bonds. The predicted molar refractivity (Wildman–Crippen MR) is 82.4 cm³/mol. The highest BCUT2D eigenvalue weighted by molar-refractivity contribution is 6.02. The highest BCUT2D eigenvalue weighted by Crippen LogP contribution is 2.27. The first-order valence-electron chi connectivity index (χ1n) is 6.73. The van der Waals surface area contributed by atoms with E-state index in [0.717, 1.165) is 5.56 Å². The van der Waals surface area contributed by atoms with Crippen molar-refractivity contribution in [2.45, 2.75) is 13.0 Å². The Kier molecular flexibility index (Phi) is 3.44. The van der Waals surface area contributed by atoms with Gasteiger partial charge < -0.3 is 10.1 Å². The van der Waals surface area contributed by atoms with Gasteiger partial charge in [0, 0.05) is 17.1 Å². The van der Waals surface area contributed by atoms with Gasteiger partial charge >= 0.3 is 0 Å². The van der Waals surface area contributed by atoms with E-state index >= 15 is 0 Å². The number of nitrogens with zero attached hydrogens (tertiary/aromatic N) is 1. The van der Waals surface area contributed by atoms with Crippen LogP contribution in [0.1, 0.15) is 24.1 Å². The molecule has 1 atom stereocenters. The number of aromatic nitrogens is 1. The van der Waals surface area contributed by atoms with E-state index < -0.39 is 0 Å². The second kappa shape index (κ2) is 5.40. The molecule has 4 heteroatoms. The molecule has 3 aromatic rings. The third-order valence-corrected chi connectivity index (χ3v) is 3.49. The summed E-state index contributed by atoms with van der Waals surface area (Å²) in [7, 11) is 0. The number of nitrogens with one attached hydrogen (secondary N) is 1. The Bertz CT molecular complexity index is 793. The molecule has 1 unspecified atom stereocenters. The molecule has 1 aromatic heterocycles. The van der Waals surface area contributed by atoms with E-state index in [0.29, 0.717) is 16.5 Å². The normalized spacial score (nSPS) is 13.0. The van der Waals surface area contributed by atoms with Gasteiger partial charge in [-0.1, -0.05) is 30.3 Å². The minimum atomic E-state index is -0.341. The number of halogens is 1. The van der Waals surface area contributed by atoms with Gasteiger partial charge in [0.2, 0.25) is 0 Å². The topological polar surface area (TPSA) is 48.4 Å². The third kappa shape index (κ3) is 2.65. The van der Waals surface area contributed by atoms with Gasteiger partial charge in [0.05, 0.1) is 11.6 Å². The summed E-state index contributed by atoms with van der Waals surface area (Å²) in [4.78, 5) is 7.27. The predicted octanol–water partition coefficient (Wildman–Crippen LogP) is 4.19. The Morgan fingerprint density at radius 3 is 2.71 bits per heavy atom. The largest absolute Gasteiger partial charge is 0.494 e. The first kappa shape index (κ1) is 13.4. The van der Waals surface area contributed by atoms with Crippen LogP contribution in [0.15, 0.2) is 53.5 Å². The summed E-state index contributed by atoms with van der Waals surface area (Å²) in [5.41, 5.74) is 2.27. The molecule has 0 spiro atoms. The van der Waals surface area contributed by atoms with Gasteiger partial charge in [-0.05, 0) is 30.7 Å². The van der Waals surface area contributed by atoms with Crippen LogP contribution in [-0.4, -0.2) is 16.3 Å². The fourth-order valence-electron chi connectivity index (χ4n) is 2.31. The summed E-state index contributed by atoms with van der Waals surface area (Å²) in [5.74, 6) is -0.341. The van der Waals surface area contributed by atoms with Gasteiger partial charge in [-0.2, -0.15) is 0 Å². The molecule has 0 fully saturated rings. The van der Waals surface area contributed by atoms with Crippen LogP contribution in [-0.2, 0) is 0 Å². The fraction of sp³-hybridized carbons (Fsp3) is 0.118. The van der Waals surface area contributed by atoms with E-state index in [1.165, 1.54) is 12.1 Å². The molecule has 0 bridgehead atoms. The maximum absolute atomic E-state index is 13.3. The maximum Gasteiger partial charge on any atom is 0.198 e. The molecule has 0 radical (unpaired) electrons. The number of aromatic hydroxyl groups is 1. The molecule has 0 saturated heterocycles. The molecule has 2 N–H and O–H groups in total. The first-order chi connectivity index (χ1) is 10.1. The quantitative estimate of drug-likeness (QED) is 0.695. The summed E-state index contributed by atoms with van der Waals surface area (Å²) in [5, 5.41) is 10.6. The van der Waals surface area contributed by atoms with Gasteiger partial charge in [0.25, 0.3) is 0 Å². The zero-order valence-electron chi connectivity index (χ0n) is 11.5. The molecule has 21 heavy (non-hydrogen) atoms. The van der Waals surface area contributed by atoms with Gasteiger partial charge in [0.15, 0.2) is 5.88 Å². The number of hydrogen-bond acceptors (Lipinski definition) is 2. The molecular formula is C17H15FN2O. The van der Waals surface area contributed by atoms with Gasteiger partial charge in [-0.15, -0.1) is 0 Å². The molecule has 1 heterocycles. The maximum atomic E-state index is 13.3. The Morgan fingerprint density at radius 1 is 1.19 bits per heavy atom. The highest BCUT2D eigenvalue weighted by Gasteiger charge is 2.10. The van der Waals surface area contributed by atoms with Gasteiger partial charge in [-0.3, -0.25) is 4.99 Å². The van der Waals surface area contributed by atoms with Crippen LogP contribution in [0, 0.1) is 5.82 Å². The molecule has 0 saturated carbocycles. The summed E-state index contributed by atoms with van der Waals surface area (Å²) < 4.78 is 13.3. The lowest BCUT2D eigenvalue weighted by Crippen LogP contribution is -1.90. The second-order valence-electron chi connectivity index (χ2n) is 4.94. The minimum absolute atomic E-state index is 0.000360. The standard InChI is InChI=1S/C17H15FN2O/c1-11(12-5-3-2-4-6-12)19-10-15-14-9-13(18)7-8-16(14)20-17(15)21/h2-11,20-21H,1H3. The number of aliphatic imine (C=N–C) groups is 1. The summed E-state index contributed by atoms with van der Waals surface area (Å²) in [6.45, 7) is 1.97. The Balaban J connectivity index is 1.96. The fourth-order valence-corrected chi connectivity index (χ4v) is 2.31. The summed E-state index contributed by atoms with van der Waals surface area (Å²) in [6.07, 6.45) is 1.59. The average molecular weight is 282 g/mol. The van der Waals surface area contributed by atoms with Crippen molar-refractivity contribution >= 4 is 17.1 Å². The monoisotopic (exact) mass is 282 g/mol. The van der Waals surface area contributed by atoms with Crippen molar-refractivity contribution in [1.29, 1.82) is 0 Å². The number of aromatic amines is 1. The Labute approximate surface area is 121 Å². The van der Waals surface area contributed by atoms with Crippen LogP contribution in [0.3, 0.4) is 0 Å². The molecule has 106 valence electrons. The SMILES string of the molecule is CC(N=Cc1c(O)[nH]c2ccc(F)cc12)c1ccccc1. The molecule has 3 rings (SSSR count). The number of H-pyrrole nitrogens is 1. The minimum Gasteiger partial charge on any atom is -0.494 e. The summed E-state index contributed by atoms with van der Waals surface area (Å²) in [6, 6.07) is 14.2. The lowest BCUT2D eigenvalue weighted by Gasteiger charge is -2.05. The van der Waals surface area contributed by atoms with E-state index in [4.69, 9.17) is 0 Å². The summed E-state index contributed by atoms with van der Waals surface area (Å²) >= 11 is 0. The number of hydrogen-bond donors (Lipinski definition) is 2. The molecule has 0 aliphatic rings. The molecular weight excluding hydrogens is 267 g/mol. The lowest BCUT2D eigenvalue weighted by atomic mass is 10.1. The zero-order valence-corrected chi connectivity index (χ0v) is 11.5. The van der Waals surface area contributed by atoms with E-state index in [1.807, 2.05) is 37.3 Å². The van der Waals surface area contributed by atoms with Crippen LogP contribution in [0.25, 0.3) is 10.9 Å². The van der Waals surface area contributed by atoms with Crippen molar-refractivity contribution in [2.24, 2.45) is 4.99 Å². The van der Waals surface area contributed by atoms with E-state index in [9.17, 15) is 9.50 Å². The third-order valence-electron chi connectivity index (χ3n) is 3.49. The van der Waals surface area contributed by atoms with Crippen LogP contribution in [0.4, 0.5) is 4.39 Å². The molecule has 3 nitrogen and oxygen atoms in total. The second-order valence-corrected chi connectivity index (χ2v) is 4.94. The van der Waals surface area contributed by atoms with Crippen LogP contribution in [0.2, 0.25) is 0 Å².